The first kappa shape index (κ1) is 8.55. The Labute approximate surface area is 69.4 Å². The van der Waals surface area contributed by atoms with E-state index in [2.05, 4.69) is 15.2 Å². The number of hydrogen-bond donors (Lipinski definition) is 2. The Morgan fingerprint density at radius 3 is 2.91 bits per heavy atom. The van der Waals surface area contributed by atoms with E-state index >= 15 is 0 Å². The van der Waals surface area contributed by atoms with Crippen LogP contribution < -0.4 is 0 Å². The van der Waals surface area contributed by atoms with E-state index in [1.54, 1.807) is 6.92 Å². The fourth-order valence-corrected chi connectivity index (χ4v) is 1.28. The monoisotopic (exact) mass is 173 g/mol. The normalized spacial score (nSPS) is 13.4. The summed E-state index contributed by atoms with van der Waals surface area (Å²) in [5.41, 5.74) is 0. The number of aromatic amines is 1. The number of rotatable bonds is 3. The van der Waals surface area contributed by atoms with Crippen LogP contribution >= 0.6 is 11.8 Å². The molecule has 1 aromatic rings. The minimum absolute atomic E-state index is 0.307. The summed E-state index contributed by atoms with van der Waals surface area (Å²) in [6.45, 7) is 3.59. The van der Waals surface area contributed by atoms with E-state index in [0.29, 0.717) is 10.9 Å². The summed E-state index contributed by atoms with van der Waals surface area (Å²) in [5, 5.41) is 16.3. The van der Waals surface area contributed by atoms with E-state index in [4.69, 9.17) is 5.11 Å². The first-order valence-corrected chi connectivity index (χ1v) is 4.37. The topological polar surface area (TPSA) is 61.8 Å². The first-order chi connectivity index (χ1) is 5.18. The third kappa shape index (κ3) is 2.90. The predicted octanol–water partition coefficient (Wildman–Crippen LogP) is 0.586. The average Bonchev–Trinajstić information content (AvgIpc) is 2.31. The van der Waals surface area contributed by atoms with Gasteiger partial charge in [-0.1, -0.05) is 11.8 Å². The standard InChI is InChI=1S/C6H11N3OS/c1-4(10)3-11-6-7-5(2)8-9-6/h4,10H,3H2,1-2H3,(H,7,8,9)/t4-/m0/s1. The molecule has 0 unspecified atom stereocenters. The number of thioether (sulfide) groups is 1. The number of aliphatic hydroxyl groups is 1. The lowest BCUT2D eigenvalue weighted by atomic mass is 10.5. The number of aryl methyl sites for hydroxylation is 1. The summed E-state index contributed by atoms with van der Waals surface area (Å²) >= 11 is 1.45. The average molecular weight is 173 g/mol. The lowest BCUT2D eigenvalue weighted by molar-refractivity contribution is 0.220. The van der Waals surface area contributed by atoms with Gasteiger partial charge in [0.15, 0.2) is 0 Å². The molecule has 0 aliphatic heterocycles. The van der Waals surface area contributed by atoms with Crippen LogP contribution in [0.25, 0.3) is 0 Å². The van der Waals surface area contributed by atoms with E-state index in [1.165, 1.54) is 11.8 Å². The van der Waals surface area contributed by atoms with Crippen molar-refractivity contribution in [2.24, 2.45) is 0 Å². The van der Waals surface area contributed by atoms with Crippen LogP contribution in [0, 0.1) is 6.92 Å². The van der Waals surface area contributed by atoms with E-state index in [9.17, 15) is 0 Å². The third-order valence-corrected chi connectivity index (χ3v) is 2.12. The Kier molecular flexibility index (Phi) is 2.90. The molecule has 5 heteroatoms. The number of aromatic nitrogens is 3. The fourth-order valence-electron chi connectivity index (χ4n) is 0.582. The molecule has 0 fully saturated rings. The fraction of sp³-hybridized carbons (Fsp3) is 0.667. The lowest BCUT2D eigenvalue weighted by Crippen LogP contribution is -2.02. The zero-order chi connectivity index (χ0) is 8.27. The highest BCUT2D eigenvalue weighted by Crippen LogP contribution is 2.12. The maximum absolute atomic E-state index is 8.93. The highest BCUT2D eigenvalue weighted by molar-refractivity contribution is 7.99. The second-order valence-electron chi connectivity index (χ2n) is 2.36. The van der Waals surface area contributed by atoms with Crippen molar-refractivity contribution in [2.75, 3.05) is 5.75 Å². The van der Waals surface area contributed by atoms with Crippen molar-refractivity contribution in [1.82, 2.24) is 15.2 Å². The Balaban J connectivity index is 2.39. The minimum Gasteiger partial charge on any atom is -0.393 e. The summed E-state index contributed by atoms with van der Waals surface area (Å²) in [6.07, 6.45) is -0.307. The van der Waals surface area contributed by atoms with Crippen LogP contribution in [-0.2, 0) is 0 Å². The Morgan fingerprint density at radius 1 is 1.73 bits per heavy atom. The SMILES string of the molecule is Cc1nc(SC[C@H](C)O)n[nH]1. The Bertz CT molecular complexity index is 223. The van der Waals surface area contributed by atoms with Crippen LogP contribution in [0.3, 0.4) is 0 Å². The molecule has 1 atom stereocenters. The van der Waals surface area contributed by atoms with E-state index in [-0.39, 0.29) is 6.10 Å². The highest BCUT2D eigenvalue weighted by atomic mass is 32.2. The predicted molar refractivity (Wildman–Crippen MR) is 43.5 cm³/mol. The maximum atomic E-state index is 8.93. The maximum Gasteiger partial charge on any atom is 0.208 e. The van der Waals surface area contributed by atoms with Crippen molar-refractivity contribution in [3.63, 3.8) is 0 Å². The van der Waals surface area contributed by atoms with Crippen molar-refractivity contribution in [2.45, 2.75) is 25.1 Å². The molecular weight excluding hydrogens is 162 g/mol. The summed E-state index contributed by atoms with van der Waals surface area (Å²) in [4.78, 5) is 4.07. The molecule has 11 heavy (non-hydrogen) atoms. The molecule has 0 saturated carbocycles. The van der Waals surface area contributed by atoms with E-state index in [1.807, 2.05) is 6.92 Å². The molecule has 1 heterocycles. The van der Waals surface area contributed by atoms with Crippen LogP contribution in [0.2, 0.25) is 0 Å². The first-order valence-electron chi connectivity index (χ1n) is 3.38. The van der Waals surface area contributed by atoms with Crippen LogP contribution in [0.5, 0.6) is 0 Å². The molecule has 62 valence electrons. The number of nitrogens with one attached hydrogen (secondary N) is 1. The van der Waals surface area contributed by atoms with Crippen LogP contribution in [0.1, 0.15) is 12.7 Å². The van der Waals surface area contributed by atoms with Crippen molar-refractivity contribution < 1.29 is 5.11 Å². The van der Waals surface area contributed by atoms with E-state index < -0.39 is 0 Å². The van der Waals surface area contributed by atoms with Gasteiger partial charge in [-0.2, -0.15) is 0 Å². The molecule has 0 aliphatic rings. The molecule has 1 rings (SSSR count). The second kappa shape index (κ2) is 3.73. The van der Waals surface area contributed by atoms with Gasteiger partial charge in [0, 0.05) is 5.75 Å². The Hall–Kier alpha value is -0.550. The van der Waals surface area contributed by atoms with Gasteiger partial charge < -0.3 is 5.11 Å². The smallest absolute Gasteiger partial charge is 0.208 e. The molecule has 4 nitrogen and oxygen atoms in total. The zero-order valence-electron chi connectivity index (χ0n) is 6.53. The van der Waals surface area contributed by atoms with Gasteiger partial charge in [-0.3, -0.25) is 5.10 Å². The number of H-pyrrole nitrogens is 1. The van der Waals surface area contributed by atoms with Crippen molar-refractivity contribution >= 4 is 11.8 Å². The van der Waals surface area contributed by atoms with Crippen LogP contribution in [0.4, 0.5) is 0 Å². The van der Waals surface area contributed by atoms with Crippen LogP contribution in [-0.4, -0.2) is 32.1 Å². The van der Waals surface area contributed by atoms with Gasteiger partial charge in [0.25, 0.3) is 0 Å². The van der Waals surface area contributed by atoms with Gasteiger partial charge in [0.05, 0.1) is 6.10 Å². The number of hydrogen-bond acceptors (Lipinski definition) is 4. The van der Waals surface area contributed by atoms with E-state index in [0.717, 1.165) is 5.82 Å². The molecule has 0 aliphatic carbocycles. The summed E-state index contributed by atoms with van der Waals surface area (Å²) in [7, 11) is 0. The van der Waals surface area contributed by atoms with Gasteiger partial charge >= 0.3 is 0 Å². The van der Waals surface area contributed by atoms with Crippen molar-refractivity contribution in [1.29, 1.82) is 0 Å². The molecule has 0 radical (unpaired) electrons. The van der Waals surface area contributed by atoms with Gasteiger partial charge in [0.1, 0.15) is 5.82 Å². The molecular formula is C6H11N3OS. The molecule has 0 amide bonds. The summed E-state index contributed by atoms with van der Waals surface area (Å²) in [5.74, 6) is 1.44. The molecule has 0 bridgehead atoms. The minimum atomic E-state index is -0.307. The van der Waals surface area contributed by atoms with Gasteiger partial charge in [0.2, 0.25) is 5.16 Å². The van der Waals surface area contributed by atoms with Gasteiger partial charge in [-0.15, -0.1) is 5.10 Å². The molecule has 0 saturated heterocycles. The quantitative estimate of drug-likeness (QED) is 0.656. The lowest BCUT2D eigenvalue weighted by Gasteiger charge is -1.98. The third-order valence-electron chi connectivity index (χ3n) is 1.03. The number of nitrogens with zero attached hydrogens (tertiary/aromatic N) is 2. The van der Waals surface area contributed by atoms with Crippen LogP contribution in [0.15, 0.2) is 5.16 Å². The molecule has 2 N–H and O–H groups in total. The summed E-state index contributed by atoms with van der Waals surface area (Å²) in [6, 6.07) is 0. The highest BCUT2D eigenvalue weighted by Gasteiger charge is 2.02. The molecule has 0 aromatic carbocycles. The van der Waals surface area contributed by atoms with Gasteiger partial charge in [-0.25, -0.2) is 4.98 Å². The van der Waals surface area contributed by atoms with Gasteiger partial charge in [-0.05, 0) is 13.8 Å². The van der Waals surface area contributed by atoms with Crippen molar-refractivity contribution in [3.05, 3.63) is 5.82 Å². The zero-order valence-corrected chi connectivity index (χ0v) is 7.35. The van der Waals surface area contributed by atoms with Crippen molar-refractivity contribution in [3.8, 4) is 0 Å². The largest absolute Gasteiger partial charge is 0.393 e. The Morgan fingerprint density at radius 2 is 2.45 bits per heavy atom. The number of aliphatic hydroxyl groups excluding tert-OH is 1. The molecule has 1 aromatic heterocycles. The summed E-state index contributed by atoms with van der Waals surface area (Å²) < 4.78 is 0. The molecule has 0 spiro atoms. The second-order valence-corrected chi connectivity index (χ2v) is 3.35.